The van der Waals surface area contributed by atoms with Crippen LogP contribution in [-0.4, -0.2) is 63.5 Å². The number of nitrogens with zero attached hydrogens (tertiary/aromatic N) is 5. The Morgan fingerprint density at radius 3 is 2.68 bits per heavy atom. The number of carbonyl (C=O) groups is 1. The highest BCUT2D eigenvalue weighted by Gasteiger charge is 2.32. The molecule has 0 unspecified atom stereocenters. The number of aromatic nitrogens is 3. The molecule has 1 saturated heterocycles. The van der Waals surface area contributed by atoms with E-state index in [1.54, 1.807) is 4.90 Å². The summed E-state index contributed by atoms with van der Waals surface area (Å²) in [5.74, 6) is -0.0630. The van der Waals surface area contributed by atoms with Crippen LogP contribution in [0.4, 0.5) is 15.0 Å². The van der Waals surface area contributed by atoms with Crippen LogP contribution in [0.5, 0.6) is 0 Å². The smallest absolute Gasteiger partial charge is 0.410 e. The van der Waals surface area contributed by atoms with Crippen molar-refractivity contribution >= 4 is 46.2 Å². The first kappa shape index (κ1) is 20.9. The normalized spacial score (nSPS) is 17.9. The maximum Gasteiger partial charge on any atom is 0.410 e. The lowest BCUT2D eigenvalue weighted by atomic mass is 10.1. The summed E-state index contributed by atoms with van der Waals surface area (Å²) in [6, 6.07) is -0.0483. The number of anilines is 1. The van der Waals surface area contributed by atoms with Crippen LogP contribution in [0.2, 0.25) is 5.15 Å². The Labute approximate surface area is 172 Å². The van der Waals surface area contributed by atoms with Gasteiger partial charge in [0.2, 0.25) is 0 Å². The molecule has 0 aromatic carbocycles. The Morgan fingerprint density at radius 2 is 2.07 bits per heavy atom. The zero-order valence-corrected chi connectivity index (χ0v) is 18.1. The topological polar surface area (TPSA) is 71.5 Å². The van der Waals surface area contributed by atoms with Gasteiger partial charge in [-0.15, -0.1) is 0 Å². The van der Waals surface area contributed by atoms with E-state index in [1.807, 2.05) is 38.9 Å². The molecule has 1 aliphatic rings. The second-order valence-electron chi connectivity index (χ2n) is 7.63. The van der Waals surface area contributed by atoms with E-state index >= 15 is 0 Å². The van der Waals surface area contributed by atoms with Crippen molar-refractivity contribution < 1.29 is 13.9 Å². The summed E-state index contributed by atoms with van der Waals surface area (Å²) >= 11 is 7.16. The molecule has 2 aromatic heterocycles. The van der Waals surface area contributed by atoms with Gasteiger partial charge in [0.1, 0.15) is 16.9 Å². The highest BCUT2D eigenvalue weighted by Crippen LogP contribution is 2.31. The number of carbonyl (C=O) groups excluding carboxylic acids is 1. The molecule has 1 amide bonds. The third-order valence-electron chi connectivity index (χ3n) is 4.33. The number of hydrogen-bond acceptors (Lipinski definition) is 7. The molecule has 3 rings (SSSR count). The Balaban J connectivity index is 1.91. The molecule has 7 nitrogen and oxygen atoms in total. The number of hydrogen-bond donors (Lipinski definition) is 0. The standard InChI is InChI=1S/C18H23ClFN5O2S/c1-10-9-24(17(26)27-18(2,3)4)6-7-25(10)15-11-8-21-14(19)12(20)13(11)22-16(23-15)28-5/h8,10H,6-7,9H2,1-5H3/t10-/m0/s1. The second kappa shape index (κ2) is 7.87. The minimum absolute atomic E-state index is 0.0483. The van der Waals surface area contributed by atoms with Gasteiger partial charge in [0.05, 0.1) is 5.39 Å². The number of thioether (sulfide) groups is 1. The van der Waals surface area contributed by atoms with Crippen LogP contribution in [0.15, 0.2) is 11.4 Å². The Kier molecular flexibility index (Phi) is 5.86. The van der Waals surface area contributed by atoms with Gasteiger partial charge in [-0.05, 0) is 34.0 Å². The zero-order chi connectivity index (χ0) is 20.6. The van der Waals surface area contributed by atoms with Gasteiger partial charge in [-0.2, -0.15) is 0 Å². The molecule has 0 spiro atoms. The van der Waals surface area contributed by atoms with Crippen molar-refractivity contribution in [3.05, 3.63) is 17.2 Å². The number of pyridine rings is 1. The second-order valence-corrected chi connectivity index (χ2v) is 8.76. The molecule has 1 aliphatic heterocycles. The molecule has 0 saturated carbocycles. The number of halogens is 2. The van der Waals surface area contributed by atoms with E-state index in [-0.39, 0.29) is 22.8 Å². The monoisotopic (exact) mass is 427 g/mol. The Hall–Kier alpha value is -1.87. The molecule has 0 N–H and O–H groups in total. The molecular weight excluding hydrogens is 405 g/mol. The van der Waals surface area contributed by atoms with Crippen LogP contribution >= 0.6 is 23.4 Å². The summed E-state index contributed by atoms with van der Waals surface area (Å²) in [6.45, 7) is 8.99. The van der Waals surface area contributed by atoms with Crippen LogP contribution in [-0.2, 0) is 4.74 Å². The van der Waals surface area contributed by atoms with Crippen molar-refractivity contribution in [2.24, 2.45) is 0 Å². The average molecular weight is 428 g/mol. The number of piperazine rings is 1. The van der Waals surface area contributed by atoms with Crippen LogP contribution in [0, 0.1) is 5.82 Å². The zero-order valence-electron chi connectivity index (χ0n) is 16.5. The fraction of sp³-hybridized carbons (Fsp3) is 0.556. The molecular formula is C18H23ClFN5O2S. The van der Waals surface area contributed by atoms with E-state index < -0.39 is 11.4 Å². The fourth-order valence-corrected chi connectivity index (χ4v) is 3.57. The van der Waals surface area contributed by atoms with Crippen molar-refractivity contribution in [2.45, 2.75) is 44.5 Å². The van der Waals surface area contributed by atoms with Gasteiger partial charge < -0.3 is 14.5 Å². The summed E-state index contributed by atoms with van der Waals surface area (Å²) in [5.41, 5.74) is -0.396. The lowest BCUT2D eigenvalue weighted by molar-refractivity contribution is 0.0218. The molecule has 1 fully saturated rings. The van der Waals surface area contributed by atoms with E-state index in [4.69, 9.17) is 16.3 Å². The number of amides is 1. The minimum Gasteiger partial charge on any atom is -0.444 e. The first-order valence-electron chi connectivity index (χ1n) is 8.91. The fourth-order valence-electron chi connectivity index (χ4n) is 3.07. The number of fused-ring (bicyclic) bond motifs is 1. The van der Waals surface area contributed by atoms with Crippen LogP contribution in [0.25, 0.3) is 10.9 Å². The molecule has 152 valence electrons. The Morgan fingerprint density at radius 1 is 1.36 bits per heavy atom. The van der Waals surface area contributed by atoms with Crippen molar-refractivity contribution in [2.75, 3.05) is 30.8 Å². The molecule has 1 atom stereocenters. The van der Waals surface area contributed by atoms with Crippen LogP contribution in [0.1, 0.15) is 27.7 Å². The average Bonchev–Trinajstić information content (AvgIpc) is 2.62. The van der Waals surface area contributed by atoms with Gasteiger partial charge in [-0.3, -0.25) is 0 Å². The van der Waals surface area contributed by atoms with Crippen LogP contribution in [0.3, 0.4) is 0 Å². The van der Waals surface area contributed by atoms with E-state index in [0.717, 1.165) is 0 Å². The molecule has 2 aromatic rings. The van der Waals surface area contributed by atoms with Crippen molar-refractivity contribution in [3.63, 3.8) is 0 Å². The lowest BCUT2D eigenvalue weighted by Gasteiger charge is -2.41. The summed E-state index contributed by atoms with van der Waals surface area (Å²) in [6.07, 6.45) is 2.98. The number of rotatable bonds is 2. The van der Waals surface area contributed by atoms with E-state index in [2.05, 4.69) is 15.0 Å². The predicted molar refractivity (Wildman–Crippen MR) is 109 cm³/mol. The van der Waals surface area contributed by atoms with Gasteiger partial charge in [-0.1, -0.05) is 23.4 Å². The van der Waals surface area contributed by atoms with Gasteiger partial charge in [0.15, 0.2) is 16.1 Å². The summed E-state index contributed by atoms with van der Waals surface area (Å²) in [4.78, 5) is 28.9. The number of ether oxygens (including phenoxy) is 1. The SMILES string of the molecule is CSc1nc(N2CCN(C(=O)OC(C)(C)C)C[C@@H]2C)c2cnc(Cl)c(F)c2n1. The van der Waals surface area contributed by atoms with E-state index in [0.29, 0.717) is 36.0 Å². The van der Waals surface area contributed by atoms with Crippen molar-refractivity contribution in [1.82, 2.24) is 19.9 Å². The summed E-state index contributed by atoms with van der Waals surface area (Å²) in [5, 5.41) is 0.731. The Bertz CT molecular complexity index is 908. The maximum absolute atomic E-state index is 14.5. The molecule has 0 radical (unpaired) electrons. The molecule has 0 aliphatic carbocycles. The van der Waals surface area contributed by atoms with Crippen molar-refractivity contribution in [3.8, 4) is 0 Å². The minimum atomic E-state index is -0.654. The summed E-state index contributed by atoms with van der Waals surface area (Å²) in [7, 11) is 0. The lowest BCUT2D eigenvalue weighted by Crippen LogP contribution is -2.55. The largest absolute Gasteiger partial charge is 0.444 e. The van der Waals surface area contributed by atoms with E-state index in [9.17, 15) is 9.18 Å². The van der Waals surface area contributed by atoms with Gasteiger partial charge in [0.25, 0.3) is 0 Å². The van der Waals surface area contributed by atoms with Gasteiger partial charge in [-0.25, -0.2) is 24.1 Å². The third kappa shape index (κ3) is 4.25. The quantitative estimate of drug-likeness (QED) is 0.407. The first-order chi connectivity index (χ1) is 13.1. The highest BCUT2D eigenvalue weighted by molar-refractivity contribution is 7.98. The molecule has 28 heavy (non-hydrogen) atoms. The van der Waals surface area contributed by atoms with Crippen molar-refractivity contribution in [1.29, 1.82) is 0 Å². The molecule has 10 heteroatoms. The third-order valence-corrected chi connectivity index (χ3v) is 5.15. The van der Waals surface area contributed by atoms with E-state index in [1.165, 1.54) is 18.0 Å². The first-order valence-corrected chi connectivity index (χ1v) is 10.5. The molecule has 0 bridgehead atoms. The predicted octanol–water partition coefficient (Wildman–Crippen LogP) is 3.98. The molecule has 3 heterocycles. The van der Waals surface area contributed by atoms with Gasteiger partial charge >= 0.3 is 6.09 Å². The van der Waals surface area contributed by atoms with Gasteiger partial charge in [0, 0.05) is 31.9 Å². The maximum atomic E-state index is 14.5. The summed E-state index contributed by atoms with van der Waals surface area (Å²) < 4.78 is 20.0. The van der Waals surface area contributed by atoms with Crippen LogP contribution < -0.4 is 4.90 Å². The highest BCUT2D eigenvalue weighted by atomic mass is 35.5.